The maximum absolute atomic E-state index is 3.00. The lowest BCUT2D eigenvalue weighted by Crippen LogP contribution is -2.40. The lowest BCUT2D eigenvalue weighted by molar-refractivity contribution is 0.121. The molecular weight excluding hydrogens is 435 g/mol. The molecule has 188 valence electrons. The molecule has 31 heavy (non-hydrogen) atoms. The van der Waals surface area contributed by atoms with Gasteiger partial charge < -0.3 is 0 Å². The van der Waals surface area contributed by atoms with Gasteiger partial charge in [-0.1, -0.05) is 104 Å². The van der Waals surface area contributed by atoms with Crippen LogP contribution in [-0.2, 0) is 0 Å². The highest BCUT2D eigenvalue weighted by Gasteiger charge is 2.33. The molecule has 0 saturated carbocycles. The van der Waals surface area contributed by atoms with Crippen LogP contribution in [0.1, 0.15) is 101 Å². The Balaban J connectivity index is 4.67. The first-order valence-corrected chi connectivity index (χ1v) is 14.0. The van der Waals surface area contributed by atoms with E-state index in [1.54, 1.807) is 0 Å². The molecule has 0 N–H and O–H groups in total. The van der Waals surface area contributed by atoms with Crippen LogP contribution >= 0.6 is 28.2 Å². The van der Waals surface area contributed by atoms with E-state index in [4.69, 9.17) is 0 Å². The molecule has 0 aliphatic heterocycles. The van der Waals surface area contributed by atoms with Crippen LogP contribution in [0.5, 0.6) is 0 Å². The van der Waals surface area contributed by atoms with Crippen LogP contribution in [-0.4, -0.2) is 53.3 Å². The van der Waals surface area contributed by atoms with Gasteiger partial charge >= 0.3 is 0 Å². The Labute approximate surface area is 204 Å². The molecule has 4 unspecified atom stereocenters. The van der Waals surface area contributed by atoms with Gasteiger partial charge in [-0.2, -0.15) is 0 Å². The summed E-state index contributed by atoms with van der Waals surface area (Å²) in [5.41, 5.74) is 1.40. The molecule has 0 spiro atoms. The summed E-state index contributed by atoms with van der Waals surface area (Å²) >= 11 is 0. The molecule has 0 aromatic rings. The lowest BCUT2D eigenvalue weighted by Gasteiger charge is -2.41. The van der Waals surface area contributed by atoms with E-state index < -0.39 is 0 Å². The molecule has 0 saturated heterocycles. The average Bonchev–Trinajstić information content (AvgIpc) is 2.57. The minimum atomic E-state index is 0.292. The van der Waals surface area contributed by atoms with Crippen molar-refractivity contribution in [2.45, 2.75) is 101 Å². The van der Waals surface area contributed by atoms with Crippen LogP contribution in [0, 0.1) is 21.7 Å². The van der Waals surface area contributed by atoms with Gasteiger partial charge in [-0.25, -0.2) is 0 Å². The molecule has 0 rings (SSSR count). The summed E-state index contributed by atoms with van der Waals surface area (Å²) in [6.07, 6.45) is 6.19. The number of rotatable bonds is 17. The van der Waals surface area contributed by atoms with Crippen molar-refractivity contribution in [3.8, 4) is 0 Å². The van der Waals surface area contributed by atoms with Crippen molar-refractivity contribution >= 4 is 28.2 Å². The van der Waals surface area contributed by atoms with Crippen LogP contribution in [0.3, 0.4) is 0 Å². The highest BCUT2D eigenvalue weighted by Crippen LogP contribution is 2.39. The van der Waals surface area contributed by atoms with E-state index in [0.717, 1.165) is 39.3 Å². The quantitative estimate of drug-likeness (QED) is 0.196. The number of hydrogen-bond acceptors (Lipinski definition) is 3. The minimum Gasteiger partial charge on any atom is -0.287 e. The first kappa shape index (κ1) is 32.2. The Hall–Kier alpha value is 1.17. The summed E-state index contributed by atoms with van der Waals surface area (Å²) in [6, 6.07) is 0. The van der Waals surface area contributed by atoms with Crippen LogP contribution < -0.4 is 0 Å². The Kier molecular flexibility index (Phi) is 14.4. The topological polar surface area (TPSA) is 9.72 Å². The summed E-state index contributed by atoms with van der Waals surface area (Å²) in [5.74, 6) is 0. The molecule has 4 atom stereocenters. The van der Waals surface area contributed by atoms with Crippen LogP contribution in [0.4, 0.5) is 0 Å². The maximum Gasteiger partial charge on any atom is 0.0148 e. The van der Waals surface area contributed by atoms with Gasteiger partial charge in [0.05, 0.1) is 0 Å². The molecule has 0 fully saturated rings. The monoisotopic (exact) mass is 493 g/mol. The zero-order chi connectivity index (χ0) is 24.5. The van der Waals surface area contributed by atoms with Crippen LogP contribution in [0.2, 0.25) is 0 Å². The summed E-state index contributed by atoms with van der Waals surface area (Å²) in [6.45, 7) is 30.6. The Morgan fingerprint density at radius 3 is 1.32 bits per heavy atom. The molecule has 0 aromatic carbocycles. The third-order valence-corrected chi connectivity index (χ3v) is 8.03. The smallest absolute Gasteiger partial charge is 0.0148 e. The van der Waals surface area contributed by atoms with Gasteiger partial charge in [0.1, 0.15) is 0 Å². The van der Waals surface area contributed by atoms with Gasteiger partial charge in [0.15, 0.2) is 0 Å². The molecule has 6 heteroatoms. The molecule has 0 aliphatic carbocycles. The van der Waals surface area contributed by atoms with Gasteiger partial charge in [0.25, 0.3) is 0 Å². The predicted molar refractivity (Wildman–Crippen MR) is 153 cm³/mol. The third-order valence-electron chi connectivity index (χ3n) is 6.71. The first-order valence-electron chi connectivity index (χ1n) is 12.5. The largest absolute Gasteiger partial charge is 0.287 e. The van der Waals surface area contributed by atoms with E-state index in [-0.39, 0.29) is 0 Å². The fourth-order valence-electron chi connectivity index (χ4n) is 5.35. The molecule has 0 heterocycles. The van der Waals surface area contributed by atoms with Crippen molar-refractivity contribution in [2.24, 2.45) is 21.7 Å². The molecule has 0 aromatic heterocycles. The van der Waals surface area contributed by atoms with Crippen molar-refractivity contribution in [1.29, 1.82) is 0 Å². The standard InChI is InChI=1S/C25H58N3P3/c1-11-14-26(29)21-25(10,13-3)18-24(8,9)20-28(31)16-15-27(30)19-23(6,7)17-22(4,5)12-2/h11-21,29-31H2,1-10H3. The lowest BCUT2D eigenvalue weighted by atomic mass is 9.72. The van der Waals surface area contributed by atoms with Crippen molar-refractivity contribution in [2.75, 3.05) is 39.3 Å². The Morgan fingerprint density at radius 1 is 0.516 bits per heavy atom. The second-order valence-corrected chi connectivity index (χ2v) is 15.0. The second kappa shape index (κ2) is 13.9. The molecular formula is C25H58N3P3. The fraction of sp³-hybridized carbons (Fsp3) is 1.00. The molecule has 0 amide bonds. The third kappa shape index (κ3) is 14.9. The second-order valence-electron chi connectivity index (χ2n) is 12.8. The van der Waals surface area contributed by atoms with E-state index in [1.807, 2.05) is 0 Å². The van der Waals surface area contributed by atoms with Crippen LogP contribution in [0.15, 0.2) is 0 Å². The Bertz CT molecular complexity index is 496. The zero-order valence-electron chi connectivity index (χ0n) is 22.9. The number of nitrogens with zero attached hydrogens (tertiary/aromatic N) is 3. The maximum atomic E-state index is 3.00. The molecule has 0 radical (unpaired) electrons. The minimum absolute atomic E-state index is 0.292. The van der Waals surface area contributed by atoms with Crippen molar-refractivity contribution in [3.63, 3.8) is 0 Å². The number of hydrogen-bond donors (Lipinski definition) is 0. The first-order chi connectivity index (χ1) is 14.0. The Morgan fingerprint density at radius 2 is 0.935 bits per heavy atom. The highest BCUT2D eigenvalue weighted by molar-refractivity contribution is 7.13. The van der Waals surface area contributed by atoms with E-state index in [2.05, 4.69) is 111 Å². The molecule has 0 aliphatic rings. The van der Waals surface area contributed by atoms with Gasteiger partial charge in [-0.15, -0.1) is 0 Å². The normalized spacial score (nSPS) is 15.9. The van der Waals surface area contributed by atoms with E-state index in [9.17, 15) is 0 Å². The molecule has 0 bridgehead atoms. The van der Waals surface area contributed by atoms with Crippen molar-refractivity contribution in [3.05, 3.63) is 0 Å². The average molecular weight is 494 g/mol. The van der Waals surface area contributed by atoms with Crippen molar-refractivity contribution < 1.29 is 0 Å². The summed E-state index contributed by atoms with van der Waals surface area (Å²) in [7, 11) is 8.92. The van der Waals surface area contributed by atoms with Gasteiger partial charge in [0, 0.05) is 39.3 Å². The summed E-state index contributed by atoms with van der Waals surface area (Å²) in [4.78, 5) is 0. The SMILES string of the molecule is CCCN(P)CC(C)(CC)CC(C)(C)CN(P)CCN(P)CC(C)(C)CC(C)(C)CC. The highest BCUT2D eigenvalue weighted by atomic mass is 31.0. The van der Waals surface area contributed by atoms with E-state index >= 15 is 0 Å². The zero-order valence-corrected chi connectivity index (χ0v) is 26.3. The summed E-state index contributed by atoms with van der Waals surface area (Å²) < 4.78 is 7.34. The predicted octanol–water partition coefficient (Wildman–Crippen LogP) is 7.36. The fourth-order valence-corrected chi connectivity index (χ4v) is 7.27. The van der Waals surface area contributed by atoms with Crippen molar-refractivity contribution in [1.82, 2.24) is 14.0 Å². The van der Waals surface area contributed by atoms with Crippen LogP contribution in [0.25, 0.3) is 0 Å². The summed E-state index contributed by atoms with van der Waals surface area (Å²) in [5, 5.41) is 0. The van der Waals surface area contributed by atoms with Gasteiger partial charge in [-0.05, 0) is 47.3 Å². The van der Waals surface area contributed by atoms with E-state index in [1.165, 1.54) is 32.1 Å². The molecule has 3 nitrogen and oxygen atoms in total. The van der Waals surface area contributed by atoms with Gasteiger partial charge in [0.2, 0.25) is 0 Å². The van der Waals surface area contributed by atoms with Gasteiger partial charge in [-0.3, -0.25) is 14.0 Å². The van der Waals surface area contributed by atoms with E-state index in [0.29, 0.717) is 21.7 Å².